The van der Waals surface area contributed by atoms with Gasteiger partial charge in [0.25, 0.3) is 0 Å². The van der Waals surface area contributed by atoms with Crippen LogP contribution in [0.25, 0.3) is 0 Å². The van der Waals surface area contributed by atoms with Crippen molar-refractivity contribution in [2.24, 2.45) is 10.9 Å². The first-order valence-corrected chi connectivity index (χ1v) is 6.35. The van der Waals surface area contributed by atoms with Crippen LogP contribution in [0.3, 0.4) is 0 Å². The molecule has 0 aliphatic carbocycles. The molecule has 0 bridgehead atoms. The first kappa shape index (κ1) is 16.5. The zero-order valence-electron chi connectivity index (χ0n) is 10.00. The van der Waals surface area contributed by atoms with Gasteiger partial charge in [0.1, 0.15) is 6.04 Å². The van der Waals surface area contributed by atoms with Crippen LogP contribution in [0.1, 0.15) is 5.56 Å². The second-order valence-corrected chi connectivity index (χ2v) is 5.02. The van der Waals surface area contributed by atoms with Gasteiger partial charge < -0.3 is 16.6 Å². The van der Waals surface area contributed by atoms with Crippen LogP contribution < -0.4 is 17.0 Å². The van der Waals surface area contributed by atoms with E-state index in [9.17, 15) is 13.2 Å². The van der Waals surface area contributed by atoms with Crippen molar-refractivity contribution in [2.75, 3.05) is 7.11 Å². The minimum absolute atomic E-state index is 0. The number of rotatable bonds is 4. The fourth-order valence-electron chi connectivity index (χ4n) is 1.42. The molecule has 1 aromatic rings. The normalized spacial score (nSPS) is 12.4. The lowest BCUT2D eigenvalue weighted by Gasteiger charge is -2.11. The van der Waals surface area contributed by atoms with E-state index in [4.69, 9.17) is 10.9 Å². The molecule has 1 unspecified atom stereocenters. The molecule has 0 aromatic heterocycles. The van der Waals surface area contributed by atoms with Gasteiger partial charge in [-0.05, 0) is 18.1 Å². The molecule has 0 aliphatic rings. The summed E-state index contributed by atoms with van der Waals surface area (Å²) in [6.45, 7) is 0. The predicted octanol–water partition coefficient (Wildman–Crippen LogP) is -0.461. The molecule has 8 heteroatoms. The maximum absolute atomic E-state index is 11.3. The molecule has 1 aromatic carbocycles. The van der Waals surface area contributed by atoms with Gasteiger partial charge in [-0.15, -0.1) is 0 Å². The lowest BCUT2D eigenvalue weighted by Crippen LogP contribution is -2.34. The Morgan fingerprint density at radius 1 is 1.39 bits per heavy atom. The summed E-state index contributed by atoms with van der Waals surface area (Å²) in [4.78, 5) is 11.1. The van der Waals surface area contributed by atoms with Crippen LogP contribution in [-0.4, -0.2) is 27.5 Å². The number of nitrogens with two attached hydrogens (primary N) is 2. The molecule has 18 heavy (non-hydrogen) atoms. The van der Waals surface area contributed by atoms with Gasteiger partial charge in [0.15, 0.2) is 0 Å². The molecular formula is C10H17N3O4S. The van der Waals surface area contributed by atoms with E-state index in [-0.39, 0.29) is 17.5 Å². The molecule has 0 spiro atoms. The fourth-order valence-corrected chi connectivity index (χ4v) is 2.21. The summed E-state index contributed by atoms with van der Waals surface area (Å²) < 4.78 is 27.1. The zero-order chi connectivity index (χ0) is 13.1. The number of esters is 1. The molecule has 102 valence electrons. The zero-order valence-corrected chi connectivity index (χ0v) is 10.8. The van der Waals surface area contributed by atoms with Crippen LogP contribution in [0.5, 0.6) is 0 Å². The third-order valence-corrected chi connectivity index (χ3v) is 3.23. The highest BCUT2D eigenvalue weighted by Gasteiger charge is 2.19. The Morgan fingerprint density at radius 2 is 1.94 bits per heavy atom. The number of hydrogen-bond donors (Lipinski definition) is 3. The number of sulfonamides is 1. The lowest BCUT2D eigenvalue weighted by atomic mass is 10.1. The molecule has 1 rings (SSSR count). The van der Waals surface area contributed by atoms with Crippen LogP contribution in [0.4, 0.5) is 0 Å². The first-order chi connectivity index (χ1) is 7.86. The molecule has 0 saturated heterocycles. The SMILES string of the molecule is COC(=O)C(N)Cc1ccccc1S(N)(=O)=O.N. The van der Waals surface area contributed by atoms with E-state index in [0.29, 0.717) is 5.56 Å². The number of carbonyl (C=O) groups is 1. The number of benzene rings is 1. The van der Waals surface area contributed by atoms with Crippen molar-refractivity contribution in [2.45, 2.75) is 17.4 Å². The summed E-state index contributed by atoms with van der Waals surface area (Å²) in [5.74, 6) is -0.603. The maximum Gasteiger partial charge on any atom is 0.322 e. The summed E-state index contributed by atoms with van der Waals surface area (Å²) in [6.07, 6.45) is 0.0548. The second-order valence-electron chi connectivity index (χ2n) is 3.49. The van der Waals surface area contributed by atoms with Crippen molar-refractivity contribution in [3.05, 3.63) is 29.8 Å². The summed E-state index contributed by atoms with van der Waals surface area (Å²) in [5.41, 5.74) is 5.96. The Kier molecular flexibility index (Phi) is 5.92. The summed E-state index contributed by atoms with van der Waals surface area (Å²) in [7, 11) is -2.60. The average Bonchev–Trinajstić information content (AvgIpc) is 2.27. The van der Waals surface area contributed by atoms with Gasteiger partial charge in [0.05, 0.1) is 12.0 Å². The first-order valence-electron chi connectivity index (χ1n) is 4.80. The Bertz CT molecular complexity index is 516. The Morgan fingerprint density at radius 3 is 2.44 bits per heavy atom. The van der Waals surface area contributed by atoms with Gasteiger partial charge in [0, 0.05) is 0 Å². The smallest absolute Gasteiger partial charge is 0.322 e. The Hall–Kier alpha value is -1.48. The van der Waals surface area contributed by atoms with Crippen molar-refractivity contribution in [1.82, 2.24) is 6.15 Å². The summed E-state index contributed by atoms with van der Waals surface area (Å²) in [6, 6.07) is 5.21. The maximum atomic E-state index is 11.3. The van der Waals surface area contributed by atoms with E-state index in [0.717, 1.165) is 0 Å². The van der Waals surface area contributed by atoms with E-state index < -0.39 is 22.0 Å². The number of methoxy groups -OCH3 is 1. The van der Waals surface area contributed by atoms with Crippen LogP contribution in [0.15, 0.2) is 29.2 Å². The number of hydrogen-bond acceptors (Lipinski definition) is 6. The van der Waals surface area contributed by atoms with Crippen molar-refractivity contribution in [1.29, 1.82) is 0 Å². The third kappa shape index (κ3) is 4.08. The van der Waals surface area contributed by atoms with Gasteiger partial charge in [0.2, 0.25) is 10.0 Å². The third-order valence-electron chi connectivity index (χ3n) is 2.22. The monoisotopic (exact) mass is 275 g/mol. The highest BCUT2D eigenvalue weighted by atomic mass is 32.2. The molecule has 7 nitrogen and oxygen atoms in total. The van der Waals surface area contributed by atoms with Crippen LogP contribution in [0, 0.1) is 0 Å². The van der Waals surface area contributed by atoms with Crippen LogP contribution in [-0.2, 0) is 26.0 Å². The van der Waals surface area contributed by atoms with Gasteiger partial charge in [-0.3, -0.25) is 4.79 Å². The van der Waals surface area contributed by atoms with Gasteiger partial charge in [-0.25, -0.2) is 13.6 Å². The minimum Gasteiger partial charge on any atom is -0.468 e. The van der Waals surface area contributed by atoms with Gasteiger partial charge in [-0.2, -0.15) is 0 Å². The quantitative estimate of drug-likeness (QED) is 0.633. The minimum atomic E-state index is -3.82. The topological polar surface area (TPSA) is 147 Å². The molecule has 0 aliphatic heterocycles. The molecule has 1 atom stereocenters. The molecule has 0 radical (unpaired) electrons. The molecule has 0 heterocycles. The van der Waals surface area contributed by atoms with Crippen molar-refractivity contribution in [3.8, 4) is 0 Å². The van der Waals surface area contributed by atoms with E-state index in [1.54, 1.807) is 18.2 Å². The predicted molar refractivity (Wildman–Crippen MR) is 66.5 cm³/mol. The molecular weight excluding hydrogens is 258 g/mol. The Balaban J connectivity index is 0.00000289. The number of carbonyl (C=O) groups excluding carboxylic acids is 1. The van der Waals surface area contributed by atoms with Crippen LogP contribution >= 0.6 is 0 Å². The largest absolute Gasteiger partial charge is 0.468 e. The average molecular weight is 275 g/mol. The standard InChI is InChI=1S/C10H14N2O4S.H3N/c1-16-10(13)8(11)6-7-4-2-3-5-9(7)17(12,14)15;/h2-5,8H,6,11H2,1H3,(H2,12,14,15);1H3. The van der Waals surface area contributed by atoms with Crippen molar-refractivity contribution in [3.63, 3.8) is 0 Å². The van der Waals surface area contributed by atoms with E-state index >= 15 is 0 Å². The fraction of sp³-hybridized carbons (Fsp3) is 0.300. The lowest BCUT2D eigenvalue weighted by molar-refractivity contribution is -0.142. The number of ether oxygens (including phenoxy) is 1. The highest BCUT2D eigenvalue weighted by molar-refractivity contribution is 7.89. The van der Waals surface area contributed by atoms with E-state index in [2.05, 4.69) is 4.74 Å². The van der Waals surface area contributed by atoms with Crippen LogP contribution in [0.2, 0.25) is 0 Å². The summed E-state index contributed by atoms with van der Waals surface area (Å²) >= 11 is 0. The van der Waals surface area contributed by atoms with E-state index in [1.165, 1.54) is 13.2 Å². The number of primary sulfonamides is 1. The summed E-state index contributed by atoms with van der Waals surface area (Å²) in [5, 5.41) is 5.06. The van der Waals surface area contributed by atoms with Crippen molar-refractivity contribution < 1.29 is 17.9 Å². The van der Waals surface area contributed by atoms with Gasteiger partial charge >= 0.3 is 5.97 Å². The molecule has 0 amide bonds. The molecule has 0 fully saturated rings. The van der Waals surface area contributed by atoms with E-state index in [1.807, 2.05) is 0 Å². The molecule has 0 saturated carbocycles. The van der Waals surface area contributed by atoms with Crippen molar-refractivity contribution >= 4 is 16.0 Å². The second kappa shape index (κ2) is 6.45. The van der Waals surface area contributed by atoms with Gasteiger partial charge in [-0.1, -0.05) is 18.2 Å². The Labute approximate surface area is 106 Å². The molecule has 7 N–H and O–H groups in total. The highest BCUT2D eigenvalue weighted by Crippen LogP contribution is 2.15.